The summed E-state index contributed by atoms with van der Waals surface area (Å²) in [6, 6.07) is 2.29. The predicted molar refractivity (Wildman–Crippen MR) is 69.1 cm³/mol. The lowest BCUT2D eigenvalue weighted by Gasteiger charge is -2.46. The van der Waals surface area contributed by atoms with Gasteiger partial charge in [0.15, 0.2) is 0 Å². The average molecular weight is 248 g/mol. The molecule has 0 unspecified atom stereocenters. The van der Waals surface area contributed by atoms with Crippen molar-refractivity contribution in [1.82, 2.24) is 9.47 Å². The van der Waals surface area contributed by atoms with Gasteiger partial charge in [-0.3, -0.25) is 0 Å². The lowest BCUT2D eigenvalue weighted by molar-refractivity contribution is 0.0551. The van der Waals surface area contributed by atoms with E-state index in [1.54, 1.807) is 0 Å². The molecule has 1 atom stereocenters. The van der Waals surface area contributed by atoms with E-state index in [0.717, 1.165) is 23.9 Å². The second-order valence-corrected chi connectivity index (χ2v) is 5.67. The second kappa shape index (κ2) is 4.12. The molecule has 3 fully saturated rings. The number of carboxylic acids is 1. The molecular weight excluding hydrogens is 228 g/mol. The van der Waals surface area contributed by atoms with Gasteiger partial charge in [-0.1, -0.05) is 0 Å². The van der Waals surface area contributed by atoms with Gasteiger partial charge in [0.25, 0.3) is 0 Å². The molecule has 4 heterocycles. The number of hydrogen-bond acceptors (Lipinski definition) is 2. The van der Waals surface area contributed by atoms with Crippen molar-refractivity contribution in [1.29, 1.82) is 0 Å². The van der Waals surface area contributed by atoms with Gasteiger partial charge < -0.3 is 14.6 Å². The standard InChI is InChI=1S/C14H20N2O2/c1-9-7-12(14(17)18)10(2)16(9)13-8-15-5-3-11(13)4-6-15/h7,11,13H,3-6,8H2,1-2H3,(H,17,18)/t13-/m1/s1. The summed E-state index contributed by atoms with van der Waals surface area (Å²) in [5.41, 5.74) is 2.46. The molecule has 0 saturated carbocycles. The van der Waals surface area contributed by atoms with E-state index in [4.69, 9.17) is 0 Å². The van der Waals surface area contributed by atoms with Crippen molar-refractivity contribution in [2.75, 3.05) is 19.6 Å². The van der Waals surface area contributed by atoms with Crippen LogP contribution in [0.5, 0.6) is 0 Å². The van der Waals surface area contributed by atoms with E-state index in [2.05, 4.69) is 9.47 Å². The van der Waals surface area contributed by atoms with Crippen molar-refractivity contribution in [2.45, 2.75) is 32.7 Å². The summed E-state index contributed by atoms with van der Waals surface area (Å²) in [4.78, 5) is 13.7. The molecule has 0 amide bonds. The lowest BCUT2D eigenvalue weighted by Crippen LogP contribution is -2.48. The van der Waals surface area contributed by atoms with Gasteiger partial charge in [-0.05, 0) is 51.8 Å². The van der Waals surface area contributed by atoms with Gasteiger partial charge in [-0.15, -0.1) is 0 Å². The van der Waals surface area contributed by atoms with Gasteiger partial charge >= 0.3 is 5.97 Å². The molecule has 1 aromatic heterocycles. The third-order valence-corrected chi connectivity index (χ3v) is 4.67. The molecule has 0 spiro atoms. The zero-order valence-corrected chi connectivity index (χ0v) is 11.0. The first-order valence-corrected chi connectivity index (χ1v) is 6.72. The highest BCUT2D eigenvalue weighted by molar-refractivity contribution is 5.89. The summed E-state index contributed by atoms with van der Waals surface area (Å²) < 4.78 is 2.26. The first-order valence-electron chi connectivity index (χ1n) is 6.72. The maximum atomic E-state index is 11.2. The SMILES string of the molecule is Cc1cc(C(=O)O)c(C)n1[C@@H]1CN2CCC1CC2. The fourth-order valence-electron chi connectivity index (χ4n) is 3.73. The summed E-state index contributed by atoms with van der Waals surface area (Å²) in [6.45, 7) is 7.48. The van der Waals surface area contributed by atoms with Crippen LogP contribution in [0, 0.1) is 19.8 Å². The maximum Gasteiger partial charge on any atom is 0.337 e. The van der Waals surface area contributed by atoms with Gasteiger partial charge in [-0.25, -0.2) is 4.79 Å². The number of aryl methyl sites for hydroxylation is 1. The highest BCUT2D eigenvalue weighted by Gasteiger charge is 2.36. The first kappa shape index (κ1) is 11.8. The Balaban J connectivity index is 1.99. The third-order valence-electron chi connectivity index (χ3n) is 4.67. The summed E-state index contributed by atoms with van der Waals surface area (Å²) in [5.74, 6) is -0.0860. The quantitative estimate of drug-likeness (QED) is 0.871. The molecule has 3 aliphatic rings. The number of aromatic carboxylic acids is 1. The van der Waals surface area contributed by atoms with Crippen LogP contribution in [0.25, 0.3) is 0 Å². The van der Waals surface area contributed by atoms with Gasteiger partial charge in [0.05, 0.1) is 5.56 Å². The first-order chi connectivity index (χ1) is 8.58. The molecular formula is C14H20N2O2. The van der Waals surface area contributed by atoms with E-state index in [-0.39, 0.29) is 0 Å². The Morgan fingerprint density at radius 1 is 1.33 bits per heavy atom. The fourth-order valence-corrected chi connectivity index (χ4v) is 3.73. The van der Waals surface area contributed by atoms with Gasteiger partial charge in [0.1, 0.15) is 0 Å². The van der Waals surface area contributed by atoms with Crippen LogP contribution < -0.4 is 0 Å². The number of carboxylic acid groups (broad SMARTS) is 1. The van der Waals surface area contributed by atoms with E-state index in [1.807, 2.05) is 19.9 Å². The number of rotatable bonds is 2. The topological polar surface area (TPSA) is 45.5 Å². The van der Waals surface area contributed by atoms with Crippen LogP contribution in [0.4, 0.5) is 0 Å². The summed E-state index contributed by atoms with van der Waals surface area (Å²) in [5, 5.41) is 9.21. The second-order valence-electron chi connectivity index (χ2n) is 5.67. The monoisotopic (exact) mass is 248 g/mol. The van der Waals surface area contributed by atoms with Crippen molar-refractivity contribution in [3.05, 3.63) is 23.0 Å². The number of hydrogen-bond donors (Lipinski definition) is 1. The van der Waals surface area contributed by atoms with Crippen molar-refractivity contribution < 1.29 is 9.90 Å². The maximum absolute atomic E-state index is 11.2. The van der Waals surface area contributed by atoms with Crippen LogP contribution in [0.1, 0.15) is 40.6 Å². The zero-order chi connectivity index (χ0) is 12.9. The van der Waals surface area contributed by atoms with Crippen LogP contribution in [0.3, 0.4) is 0 Å². The number of carbonyl (C=O) groups is 1. The Morgan fingerprint density at radius 2 is 2.00 bits per heavy atom. The Bertz CT molecular complexity index is 484. The molecule has 0 radical (unpaired) electrons. The molecule has 3 saturated heterocycles. The molecule has 1 aromatic rings. The lowest BCUT2D eigenvalue weighted by atomic mass is 9.83. The minimum absolute atomic E-state index is 0.462. The zero-order valence-electron chi connectivity index (χ0n) is 11.0. The van der Waals surface area contributed by atoms with Crippen LogP contribution in [0.15, 0.2) is 6.07 Å². The van der Waals surface area contributed by atoms with Gasteiger partial charge in [0.2, 0.25) is 0 Å². The number of piperidine rings is 3. The van der Waals surface area contributed by atoms with Gasteiger partial charge in [0, 0.05) is 24.0 Å². The molecule has 98 valence electrons. The summed E-state index contributed by atoms with van der Waals surface area (Å²) in [6.07, 6.45) is 2.51. The molecule has 4 nitrogen and oxygen atoms in total. The van der Waals surface area contributed by atoms with Crippen LogP contribution in [0.2, 0.25) is 0 Å². The van der Waals surface area contributed by atoms with E-state index >= 15 is 0 Å². The minimum Gasteiger partial charge on any atom is -0.478 e. The van der Waals surface area contributed by atoms with E-state index in [9.17, 15) is 9.90 Å². The molecule has 0 aromatic carbocycles. The highest BCUT2D eigenvalue weighted by atomic mass is 16.4. The minimum atomic E-state index is -0.810. The number of fused-ring (bicyclic) bond motifs is 3. The fraction of sp³-hybridized carbons (Fsp3) is 0.643. The summed E-state index contributed by atoms with van der Waals surface area (Å²) in [7, 11) is 0. The van der Waals surface area contributed by atoms with Crippen LogP contribution in [-0.2, 0) is 0 Å². The molecule has 4 heteroatoms. The third kappa shape index (κ3) is 1.67. The van der Waals surface area contributed by atoms with Gasteiger partial charge in [-0.2, -0.15) is 0 Å². The average Bonchev–Trinajstić information content (AvgIpc) is 2.66. The summed E-state index contributed by atoms with van der Waals surface area (Å²) >= 11 is 0. The van der Waals surface area contributed by atoms with Crippen molar-refractivity contribution in [3.63, 3.8) is 0 Å². The number of aromatic nitrogens is 1. The molecule has 1 N–H and O–H groups in total. The van der Waals surface area contributed by atoms with Crippen molar-refractivity contribution >= 4 is 5.97 Å². The normalized spacial score (nSPS) is 30.7. The Kier molecular flexibility index (Phi) is 2.70. The largest absolute Gasteiger partial charge is 0.478 e. The Labute approximate surface area is 107 Å². The van der Waals surface area contributed by atoms with Crippen molar-refractivity contribution in [2.24, 2.45) is 5.92 Å². The molecule has 2 bridgehead atoms. The van der Waals surface area contributed by atoms with E-state index in [0.29, 0.717) is 11.6 Å². The van der Waals surface area contributed by atoms with E-state index < -0.39 is 5.97 Å². The molecule has 4 rings (SSSR count). The highest BCUT2D eigenvalue weighted by Crippen LogP contribution is 2.37. The molecule has 0 aliphatic carbocycles. The van der Waals surface area contributed by atoms with Crippen LogP contribution >= 0.6 is 0 Å². The molecule has 18 heavy (non-hydrogen) atoms. The smallest absolute Gasteiger partial charge is 0.337 e. The molecule has 3 aliphatic heterocycles. The van der Waals surface area contributed by atoms with Crippen LogP contribution in [-0.4, -0.2) is 40.2 Å². The Hall–Kier alpha value is -1.29. The van der Waals surface area contributed by atoms with E-state index in [1.165, 1.54) is 25.9 Å². The predicted octanol–water partition coefficient (Wildman–Crippen LogP) is 2.07. The van der Waals surface area contributed by atoms with Crippen molar-refractivity contribution in [3.8, 4) is 0 Å². The Morgan fingerprint density at radius 3 is 2.44 bits per heavy atom. The number of nitrogens with zero attached hydrogens (tertiary/aromatic N) is 2.